The molecular weight excluding hydrogens is 266 g/mol. The first-order valence-electron chi connectivity index (χ1n) is 6.58. The molecule has 0 radical (unpaired) electrons. The fourth-order valence-corrected chi connectivity index (χ4v) is 3.12. The van der Waals surface area contributed by atoms with Crippen LogP contribution in [0.15, 0.2) is 0 Å². The minimum absolute atomic E-state index is 0.0810. The summed E-state index contributed by atoms with van der Waals surface area (Å²) in [5, 5.41) is 7.54. The van der Waals surface area contributed by atoms with Crippen molar-refractivity contribution in [2.24, 2.45) is 5.14 Å². The van der Waals surface area contributed by atoms with Gasteiger partial charge in [-0.25, -0.2) is 13.6 Å². The number of amides is 1. The van der Waals surface area contributed by atoms with E-state index < -0.39 is 15.3 Å². The third-order valence-corrected chi connectivity index (χ3v) is 4.61. The van der Waals surface area contributed by atoms with Gasteiger partial charge in [0.2, 0.25) is 15.9 Å². The lowest BCUT2D eigenvalue weighted by molar-refractivity contribution is -0.127. The highest BCUT2D eigenvalue weighted by Gasteiger charge is 2.33. The summed E-state index contributed by atoms with van der Waals surface area (Å²) in [5.74, 6) is -0.0810. The van der Waals surface area contributed by atoms with Crippen molar-refractivity contribution in [2.75, 3.05) is 13.1 Å². The minimum atomic E-state index is -3.53. The Balaban J connectivity index is 2.67. The molecule has 1 heterocycles. The molecule has 1 aliphatic heterocycles. The average molecular weight is 291 g/mol. The minimum Gasteiger partial charge on any atom is -0.350 e. The van der Waals surface area contributed by atoms with Gasteiger partial charge in [-0.05, 0) is 47.1 Å². The van der Waals surface area contributed by atoms with Crippen LogP contribution in [0.4, 0.5) is 0 Å². The highest BCUT2D eigenvalue weighted by atomic mass is 32.2. The monoisotopic (exact) mass is 291 g/mol. The molecule has 6 nitrogen and oxygen atoms in total. The van der Waals surface area contributed by atoms with Crippen molar-refractivity contribution in [1.29, 1.82) is 0 Å². The van der Waals surface area contributed by atoms with Crippen LogP contribution in [0, 0.1) is 0 Å². The smallest absolute Gasteiger partial charge is 0.237 e. The first-order chi connectivity index (χ1) is 8.50. The van der Waals surface area contributed by atoms with E-state index in [-0.39, 0.29) is 17.5 Å². The molecule has 0 unspecified atom stereocenters. The number of nitrogens with one attached hydrogen (secondary N) is 1. The number of carbonyl (C=O) groups excluding carboxylic acids is 1. The molecule has 0 spiro atoms. The van der Waals surface area contributed by atoms with Crippen LogP contribution in [0.25, 0.3) is 0 Å². The lowest BCUT2D eigenvalue weighted by Crippen LogP contribution is -2.55. The molecule has 0 saturated carbocycles. The quantitative estimate of drug-likeness (QED) is 0.768. The highest BCUT2D eigenvalue weighted by molar-refractivity contribution is 7.89. The molecule has 1 aliphatic rings. The van der Waals surface area contributed by atoms with Crippen LogP contribution in [0.3, 0.4) is 0 Å². The zero-order chi connectivity index (χ0) is 14.8. The van der Waals surface area contributed by atoms with Crippen LogP contribution in [-0.4, -0.2) is 49.1 Å². The number of piperidine rings is 1. The molecule has 1 rings (SSSR count). The number of primary sulfonamides is 1. The Hall–Kier alpha value is -0.660. The van der Waals surface area contributed by atoms with Gasteiger partial charge in [0.15, 0.2) is 0 Å². The summed E-state index contributed by atoms with van der Waals surface area (Å²) in [6.45, 7) is 8.61. The van der Waals surface area contributed by atoms with Crippen molar-refractivity contribution < 1.29 is 13.2 Å². The molecule has 1 saturated heterocycles. The van der Waals surface area contributed by atoms with Crippen LogP contribution in [0.1, 0.15) is 40.5 Å². The lowest BCUT2D eigenvalue weighted by atomic mass is 10.1. The van der Waals surface area contributed by atoms with Crippen molar-refractivity contribution in [3.8, 4) is 0 Å². The summed E-state index contributed by atoms with van der Waals surface area (Å²) < 4.78 is 22.8. The third kappa shape index (κ3) is 5.08. The van der Waals surface area contributed by atoms with E-state index in [1.165, 1.54) is 0 Å². The maximum absolute atomic E-state index is 12.1. The SMILES string of the molecule is C[C@@H](C(=O)NC(C)(C)C)N1CCC[C@H](S(N)(=O)=O)C1. The van der Waals surface area contributed by atoms with E-state index in [0.717, 1.165) is 13.0 Å². The van der Waals surface area contributed by atoms with E-state index in [0.29, 0.717) is 13.0 Å². The fourth-order valence-electron chi connectivity index (χ4n) is 2.23. The number of nitrogens with zero attached hydrogens (tertiary/aromatic N) is 1. The van der Waals surface area contributed by atoms with Crippen LogP contribution >= 0.6 is 0 Å². The molecule has 0 aliphatic carbocycles. The zero-order valence-electron chi connectivity index (χ0n) is 12.1. The Morgan fingerprint density at radius 2 is 2.00 bits per heavy atom. The lowest BCUT2D eigenvalue weighted by Gasteiger charge is -2.36. The maximum atomic E-state index is 12.1. The number of hydrogen-bond donors (Lipinski definition) is 2. The van der Waals surface area contributed by atoms with Crippen LogP contribution in [-0.2, 0) is 14.8 Å². The summed E-state index contributed by atoms with van der Waals surface area (Å²) in [4.78, 5) is 14.0. The van der Waals surface area contributed by atoms with Gasteiger partial charge in [0.25, 0.3) is 0 Å². The van der Waals surface area contributed by atoms with Crippen molar-refractivity contribution in [3.63, 3.8) is 0 Å². The van der Waals surface area contributed by atoms with Gasteiger partial charge in [-0.2, -0.15) is 0 Å². The summed E-state index contributed by atoms with van der Waals surface area (Å²) >= 11 is 0. The first kappa shape index (κ1) is 16.4. The maximum Gasteiger partial charge on any atom is 0.237 e. The van der Waals surface area contributed by atoms with Crippen molar-refractivity contribution >= 4 is 15.9 Å². The van der Waals surface area contributed by atoms with Gasteiger partial charge in [0.05, 0.1) is 11.3 Å². The summed E-state index contributed by atoms with van der Waals surface area (Å²) in [6.07, 6.45) is 1.32. The molecule has 112 valence electrons. The first-order valence-corrected chi connectivity index (χ1v) is 8.19. The van der Waals surface area contributed by atoms with Gasteiger partial charge >= 0.3 is 0 Å². The van der Waals surface area contributed by atoms with E-state index in [9.17, 15) is 13.2 Å². The van der Waals surface area contributed by atoms with Crippen molar-refractivity contribution in [3.05, 3.63) is 0 Å². The van der Waals surface area contributed by atoms with Crippen molar-refractivity contribution in [1.82, 2.24) is 10.2 Å². The number of hydrogen-bond acceptors (Lipinski definition) is 4. The molecule has 0 aromatic carbocycles. The van der Waals surface area contributed by atoms with Crippen LogP contribution in [0.5, 0.6) is 0 Å². The molecule has 3 N–H and O–H groups in total. The Morgan fingerprint density at radius 3 is 2.47 bits per heavy atom. The average Bonchev–Trinajstić information content (AvgIpc) is 2.24. The molecule has 0 aromatic rings. The predicted octanol–water partition coefficient (Wildman–Crippen LogP) is 0.0425. The largest absolute Gasteiger partial charge is 0.350 e. The molecular formula is C12H25N3O3S. The number of nitrogens with two attached hydrogens (primary N) is 1. The van der Waals surface area contributed by atoms with Crippen LogP contribution < -0.4 is 10.5 Å². The third-order valence-electron chi connectivity index (χ3n) is 3.30. The number of sulfonamides is 1. The molecule has 0 bridgehead atoms. The highest BCUT2D eigenvalue weighted by Crippen LogP contribution is 2.17. The molecule has 1 amide bonds. The topological polar surface area (TPSA) is 92.5 Å². The van der Waals surface area contributed by atoms with Gasteiger partial charge in [0.1, 0.15) is 0 Å². The van der Waals surface area contributed by atoms with E-state index >= 15 is 0 Å². The van der Waals surface area contributed by atoms with E-state index in [2.05, 4.69) is 5.32 Å². The predicted molar refractivity (Wildman–Crippen MR) is 75.1 cm³/mol. The number of likely N-dealkylation sites (tertiary alicyclic amines) is 1. The Morgan fingerprint density at radius 1 is 1.42 bits per heavy atom. The Kier molecular flexibility index (Phi) is 4.97. The Bertz CT molecular complexity index is 428. The second kappa shape index (κ2) is 5.76. The van der Waals surface area contributed by atoms with Gasteiger partial charge in [0, 0.05) is 12.1 Å². The number of carbonyl (C=O) groups is 1. The van der Waals surface area contributed by atoms with Gasteiger partial charge in [-0.3, -0.25) is 9.69 Å². The fraction of sp³-hybridized carbons (Fsp3) is 0.917. The second-order valence-electron chi connectivity index (χ2n) is 6.26. The molecule has 19 heavy (non-hydrogen) atoms. The second-order valence-corrected chi connectivity index (χ2v) is 8.11. The zero-order valence-corrected chi connectivity index (χ0v) is 13.0. The van der Waals surface area contributed by atoms with E-state index in [4.69, 9.17) is 5.14 Å². The molecule has 2 atom stereocenters. The van der Waals surface area contributed by atoms with Crippen molar-refractivity contribution in [2.45, 2.75) is 57.4 Å². The van der Waals surface area contributed by atoms with Crippen LogP contribution in [0.2, 0.25) is 0 Å². The summed E-state index contributed by atoms with van der Waals surface area (Å²) in [6, 6.07) is -0.344. The standard InChI is InChI=1S/C12H25N3O3S/c1-9(11(16)14-12(2,3)4)15-7-5-6-10(8-15)19(13,17)18/h9-10H,5-8H2,1-4H3,(H,14,16)(H2,13,17,18)/t9-,10-/m0/s1. The summed E-state index contributed by atoms with van der Waals surface area (Å²) in [5.41, 5.74) is -0.291. The van der Waals surface area contributed by atoms with E-state index in [1.807, 2.05) is 25.7 Å². The molecule has 7 heteroatoms. The summed E-state index contributed by atoms with van der Waals surface area (Å²) in [7, 11) is -3.53. The van der Waals surface area contributed by atoms with E-state index in [1.54, 1.807) is 6.92 Å². The normalized spacial score (nSPS) is 23.9. The Labute approximate surface area is 115 Å². The number of rotatable bonds is 3. The van der Waals surface area contributed by atoms with Gasteiger partial charge in [-0.15, -0.1) is 0 Å². The van der Waals surface area contributed by atoms with Gasteiger partial charge < -0.3 is 5.32 Å². The molecule has 0 aromatic heterocycles. The molecule has 1 fully saturated rings. The van der Waals surface area contributed by atoms with Gasteiger partial charge in [-0.1, -0.05) is 0 Å².